The van der Waals surface area contributed by atoms with Crippen LogP contribution in [0.3, 0.4) is 0 Å². The van der Waals surface area contributed by atoms with E-state index in [1.807, 2.05) is 30.3 Å². The summed E-state index contributed by atoms with van der Waals surface area (Å²) < 4.78 is -0.193. The molecule has 1 heterocycles. The zero-order valence-electron chi connectivity index (χ0n) is 9.54. The van der Waals surface area contributed by atoms with Gasteiger partial charge in [0.2, 0.25) is 5.88 Å². The van der Waals surface area contributed by atoms with Crippen LogP contribution in [0.15, 0.2) is 35.1 Å². The molecule has 0 spiro atoms. The van der Waals surface area contributed by atoms with Crippen LogP contribution in [0.2, 0.25) is 0 Å². The number of nitrogens with zero attached hydrogens (tertiary/aromatic N) is 2. The molecular weight excluding hydrogens is 236 g/mol. The fourth-order valence-electron chi connectivity index (χ4n) is 1.49. The van der Waals surface area contributed by atoms with E-state index in [1.54, 1.807) is 19.0 Å². The molecule has 0 aliphatic carbocycles. The van der Waals surface area contributed by atoms with Crippen molar-refractivity contribution in [1.29, 1.82) is 0 Å². The van der Waals surface area contributed by atoms with Crippen molar-refractivity contribution >= 4 is 17.0 Å². The molecule has 0 aliphatic rings. The van der Waals surface area contributed by atoms with Crippen LogP contribution in [-0.2, 0) is 0 Å². The molecule has 0 atom stereocenters. The summed E-state index contributed by atoms with van der Waals surface area (Å²) in [5.74, 6) is -0.224. The Bertz CT molecular complexity index is 579. The number of rotatable bonds is 2. The van der Waals surface area contributed by atoms with Crippen LogP contribution in [0.4, 0.5) is 5.69 Å². The molecule has 0 aliphatic heterocycles. The maximum atomic E-state index is 11.9. The Labute approximate surface area is 103 Å². The predicted molar refractivity (Wildman–Crippen MR) is 69.8 cm³/mol. The van der Waals surface area contributed by atoms with Gasteiger partial charge in [-0.25, -0.2) is 4.98 Å². The van der Waals surface area contributed by atoms with E-state index in [2.05, 4.69) is 4.98 Å². The second-order valence-corrected chi connectivity index (χ2v) is 4.70. The summed E-state index contributed by atoms with van der Waals surface area (Å²) in [4.78, 5) is 17.5. The van der Waals surface area contributed by atoms with Gasteiger partial charge in [0, 0.05) is 19.7 Å². The van der Waals surface area contributed by atoms with Gasteiger partial charge in [0.1, 0.15) is 5.01 Å². The molecule has 0 unspecified atom stereocenters. The highest BCUT2D eigenvalue weighted by molar-refractivity contribution is 7.12. The van der Waals surface area contributed by atoms with E-state index in [9.17, 15) is 9.90 Å². The van der Waals surface area contributed by atoms with Crippen LogP contribution in [0.25, 0.3) is 10.6 Å². The first kappa shape index (κ1) is 11.6. The van der Waals surface area contributed by atoms with Crippen molar-refractivity contribution in [3.63, 3.8) is 0 Å². The Morgan fingerprint density at radius 1 is 1.24 bits per heavy atom. The minimum atomic E-state index is -0.224. The van der Waals surface area contributed by atoms with Crippen molar-refractivity contribution in [3.05, 3.63) is 39.9 Å². The smallest absolute Gasteiger partial charge is 0.263 e. The van der Waals surface area contributed by atoms with Crippen LogP contribution >= 0.6 is 11.3 Å². The highest BCUT2D eigenvalue weighted by Gasteiger charge is 2.13. The Morgan fingerprint density at radius 3 is 2.41 bits per heavy atom. The van der Waals surface area contributed by atoms with Gasteiger partial charge in [-0.1, -0.05) is 41.7 Å². The SMILES string of the molecule is CN(C)c1c(O)nc(-c2ccccc2)sc1=O. The van der Waals surface area contributed by atoms with Crippen LogP contribution in [0.5, 0.6) is 5.88 Å². The van der Waals surface area contributed by atoms with Gasteiger partial charge in [-0.15, -0.1) is 0 Å². The van der Waals surface area contributed by atoms with E-state index in [1.165, 1.54) is 0 Å². The number of aromatic nitrogens is 1. The number of anilines is 1. The molecule has 17 heavy (non-hydrogen) atoms. The largest absolute Gasteiger partial charge is 0.492 e. The van der Waals surface area contributed by atoms with Crippen molar-refractivity contribution < 1.29 is 5.11 Å². The first-order valence-corrected chi connectivity index (χ1v) is 5.88. The molecule has 0 bridgehead atoms. The topological polar surface area (TPSA) is 53.4 Å². The third-order valence-corrected chi connectivity index (χ3v) is 3.17. The molecule has 5 heteroatoms. The van der Waals surface area contributed by atoms with Gasteiger partial charge in [-0.2, -0.15) is 0 Å². The van der Waals surface area contributed by atoms with Crippen LogP contribution in [-0.4, -0.2) is 24.2 Å². The lowest BCUT2D eigenvalue weighted by atomic mass is 10.2. The van der Waals surface area contributed by atoms with Gasteiger partial charge in [0.15, 0.2) is 5.69 Å². The molecule has 0 fully saturated rings. The first-order chi connectivity index (χ1) is 8.09. The molecule has 0 saturated heterocycles. The molecule has 0 radical (unpaired) electrons. The van der Waals surface area contributed by atoms with Gasteiger partial charge < -0.3 is 10.0 Å². The molecule has 0 amide bonds. The Balaban J connectivity index is 2.58. The molecule has 88 valence electrons. The molecule has 2 rings (SSSR count). The zero-order chi connectivity index (χ0) is 12.4. The Hall–Kier alpha value is -1.88. The lowest BCUT2D eigenvalue weighted by Crippen LogP contribution is -2.17. The fourth-order valence-corrected chi connectivity index (χ4v) is 2.42. The lowest BCUT2D eigenvalue weighted by molar-refractivity contribution is 0.455. The highest BCUT2D eigenvalue weighted by Crippen LogP contribution is 2.26. The Kier molecular flexibility index (Phi) is 3.10. The van der Waals surface area contributed by atoms with Gasteiger partial charge in [0.25, 0.3) is 4.74 Å². The summed E-state index contributed by atoms with van der Waals surface area (Å²) in [7, 11) is 3.40. The number of hydrogen-bond donors (Lipinski definition) is 1. The van der Waals surface area contributed by atoms with Crippen molar-refractivity contribution in [2.45, 2.75) is 0 Å². The minimum Gasteiger partial charge on any atom is -0.492 e. The van der Waals surface area contributed by atoms with E-state index < -0.39 is 0 Å². The maximum Gasteiger partial charge on any atom is 0.263 e. The highest BCUT2D eigenvalue weighted by atomic mass is 32.1. The van der Waals surface area contributed by atoms with Crippen molar-refractivity contribution in [2.75, 3.05) is 19.0 Å². The average molecular weight is 248 g/mol. The Morgan fingerprint density at radius 2 is 1.88 bits per heavy atom. The molecule has 0 saturated carbocycles. The standard InChI is InChI=1S/C12H12N2O2S/c1-14(2)9-10(15)13-11(17-12(9)16)8-6-4-3-5-7-8/h3-7,15H,1-2H3. The number of aromatic hydroxyl groups is 1. The monoisotopic (exact) mass is 248 g/mol. The van der Waals surface area contributed by atoms with Gasteiger partial charge >= 0.3 is 0 Å². The summed E-state index contributed by atoms with van der Waals surface area (Å²) in [6, 6.07) is 9.33. The molecule has 1 aromatic heterocycles. The van der Waals surface area contributed by atoms with Crippen LogP contribution in [0.1, 0.15) is 0 Å². The lowest BCUT2D eigenvalue weighted by Gasteiger charge is -2.12. The normalized spacial score (nSPS) is 10.2. The number of hydrogen-bond acceptors (Lipinski definition) is 5. The van der Waals surface area contributed by atoms with E-state index in [0.717, 1.165) is 16.9 Å². The minimum absolute atomic E-state index is 0.193. The average Bonchev–Trinajstić information content (AvgIpc) is 2.28. The van der Waals surface area contributed by atoms with Gasteiger partial charge in [0.05, 0.1) is 0 Å². The van der Waals surface area contributed by atoms with Gasteiger partial charge in [-0.05, 0) is 0 Å². The summed E-state index contributed by atoms with van der Waals surface area (Å²) in [6.45, 7) is 0. The van der Waals surface area contributed by atoms with Gasteiger partial charge in [-0.3, -0.25) is 4.79 Å². The van der Waals surface area contributed by atoms with Crippen LogP contribution < -0.4 is 9.64 Å². The van der Waals surface area contributed by atoms with Crippen LogP contribution in [0, 0.1) is 0 Å². The summed E-state index contributed by atoms with van der Waals surface area (Å²) >= 11 is 1.03. The second kappa shape index (κ2) is 4.55. The zero-order valence-corrected chi connectivity index (χ0v) is 10.4. The first-order valence-electron chi connectivity index (χ1n) is 5.06. The summed E-state index contributed by atoms with van der Waals surface area (Å²) in [5, 5.41) is 10.3. The van der Waals surface area contributed by atoms with Crippen molar-refractivity contribution in [3.8, 4) is 16.5 Å². The second-order valence-electron chi connectivity index (χ2n) is 3.74. The van der Waals surface area contributed by atoms with E-state index >= 15 is 0 Å². The van der Waals surface area contributed by atoms with E-state index in [-0.39, 0.29) is 16.3 Å². The third kappa shape index (κ3) is 2.29. The quantitative estimate of drug-likeness (QED) is 0.882. The molecule has 4 nitrogen and oxygen atoms in total. The molecule has 1 N–H and O–H groups in total. The molecular formula is C12H12N2O2S. The fraction of sp³-hybridized carbons (Fsp3) is 0.167. The summed E-state index contributed by atoms with van der Waals surface area (Å²) in [5.41, 5.74) is 1.06. The number of benzene rings is 1. The van der Waals surface area contributed by atoms with E-state index in [0.29, 0.717) is 5.01 Å². The molecule has 1 aromatic carbocycles. The molecule has 2 aromatic rings. The van der Waals surface area contributed by atoms with E-state index in [4.69, 9.17) is 0 Å². The third-order valence-electron chi connectivity index (χ3n) is 2.27. The predicted octanol–water partition coefficient (Wildman–Crippen LogP) is 1.94. The summed E-state index contributed by atoms with van der Waals surface area (Å²) in [6.07, 6.45) is 0. The van der Waals surface area contributed by atoms with Crippen molar-refractivity contribution in [1.82, 2.24) is 4.98 Å². The van der Waals surface area contributed by atoms with Crippen molar-refractivity contribution in [2.24, 2.45) is 0 Å². The maximum absolute atomic E-state index is 11.9.